The van der Waals surface area contributed by atoms with E-state index >= 15 is 0 Å². The Labute approximate surface area is 78.6 Å². The number of carbonyl (C=O) groups excluding carboxylic acids is 1. The normalized spacial score (nSPS) is 36.2. The van der Waals surface area contributed by atoms with Crippen molar-refractivity contribution in [1.82, 2.24) is 10.6 Å². The molecule has 0 aromatic heterocycles. The van der Waals surface area contributed by atoms with E-state index in [1.165, 1.54) is 6.42 Å². The van der Waals surface area contributed by atoms with E-state index in [9.17, 15) is 4.79 Å². The lowest BCUT2D eigenvalue weighted by Gasteiger charge is -2.44. The molecule has 2 fully saturated rings. The third-order valence-corrected chi connectivity index (χ3v) is 3.30. The SMILES string of the molecule is C=C(C)C(=O)NC12CCC1CNC2. The van der Waals surface area contributed by atoms with E-state index in [-0.39, 0.29) is 11.4 Å². The average molecular weight is 180 g/mol. The Hall–Kier alpha value is -0.830. The van der Waals surface area contributed by atoms with Crippen LogP contribution < -0.4 is 10.6 Å². The molecule has 0 spiro atoms. The highest BCUT2D eigenvalue weighted by molar-refractivity contribution is 5.92. The molecule has 0 aromatic carbocycles. The molecule has 1 aliphatic heterocycles. The first-order chi connectivity index (χ1) is 6.14. The van der Waals surface area contributed by atoms with Crippen LogP contribution >= 0.6 is 0 Å². The fraction of sp³-hybridized carbons (Fsp3) is 0.700. The van der Waals surface area contributed by atoms with E-state index < -0.39 is 0 Å². The Morgan fingerprint density at radius 3 is 2.92 bits per heavy atom. The largest absolute Gasteiger partial charge is 0.345 e. The quantitative estimate of drug-likeness (QED) is 0.605. The minimum Gasteiger partial charge on any atom is -0.345 e. The average Bonchev–Trinajstić information content (AvgIpc) is 2.31. The second-order valence-electron chi connectivity index (χ2n) is 4.26. The van der Waals surface area contributed by atoms with E-state index in [1.807, 2.05) is 0 Å². The van der Waals surface area contributed by atoms with Crippen molar-refractivity contribution in [3.05, 3.63) is 12.2 Å². The Bertz CT molecular complexity index is 262. The molecule has 3 heteroatoms. The summed E-state index contributed by atoms with van der Waals surface area (Å²) < 4.78 is 0. The predicted octanol–water partition coefficient (Wildman–Crippen LogP) is 0.431. The van der Waals surface area contributed by atoms with Gasteiger partial charge in [-0.25, -0.2) is 0 Å². The van der Waals surface area contributed by atoms with Crippen molar-refractivity contribution < 1.29 is 4.79 Å². The molecule has 2 rings (SSSR count). The summed E-state index contributed by atoms with van der Waals surface area (Å²) in [5, 5.41) is 6.42. The number of carbonyl (C=O) groups is 1. The second kappa shape index (κ2) is 2.84. The van der Waals surface area contributed by atoms with Crippen LogP contribution in [0.1, 0.15) is 19.8 Å². The van der Waals surface area contributed by atoms with Crippen molar-refractivity contribution in [2.75, 3.05) is 13.1 Å². The van der Waals surface area contributed by atoms with Crippen molar-refractivity contribution in [3.8, 4) is 0 Å². The van der Waals surface area contributed by atoms with Gasteiger partial charge < -0.3 is 10.6 Å². The molecule has 0 aromatic rings. The summed E-state index contributed by atoms with van der Waals surface area (Å²) in [6.07, 6.45) is 2.35. The molecular weight excluding hydrogens is 164 g/mol. The van der Waals surface area contributed by atoms with Gasteiger partial charge in [0.05, 0.1) is 5.54 Å². The van der Waals surface area contributed by atoms with Gasteiger partial charge in [0.1, 0.15) is 0 Å². The molecule has 0 bridgehead atoms. The first-order valence-electron chi connectivity index (χ1n) is 4.83. The van der Waals surface area contributed by atoms with E-state index in [2.05, 4.69) is 17.2 Å². The van der Waals surface area contributed by atoms with Crippen LogP contribution in [0.4, 0.5) is 0 Å². The number of nitrogens with one attached hydrogen (secondary N) is 2. The van der Waals surface area contributed by atoms with Crippen LogP contribution in [0.25, 0.3) is 0 Å². The highest BCUT2D eigenvalue weighted by Crippen LogP contribution is 2.41. The Balaban J connectivity index is 2.01. The van der Waals surface area contributed by atoms with Crippen LogP contribution in [-0.2, 0) is 4.79 Å². The monoisotopic (exact) mass is 180 g/mol. The van der Waals surface area contributed by atoms with Crippen LogP contribution in [0.15, 0.2) is 12.2 Å². The van der Waals surface area contributed by atoms with Crippen molar-refractivity contribution in [1.29, 1.82) is 0 Å². The minimum atomic E-state index is 0.00778. The van der Waals surface area contributed by atoms with Crippen molar-refractivity contribution >= 4 is 5.91 Å². The van der Waals surface area contributed by atoms with Gasteiger partial charge in [-0.3, -0.25) is 4.79 Å². The summed E-state index contributed by atoms with van der Waals surface area (Å²) in [4.78, 5) is 11.4. The molecule has 1 saturated carbocycles. The smallest absolute Gasteiger partial charge is 0.246 e. The molecule has 1 heterocycles. The Morgan fingerprint density at radius 2 is 2.46 bits per heavy atom. The minimum absolute atomic E-state index is 0.00778. The summed E-state index contributed by atoms with van der Waals surface area (Å²) in [5.74, 6) is 0.657. The van der Waals surface area contributed by atoms with Gasteiger partial charge in [0.25, 0.3) is 0 Å². The molecular formula is C10H16N2O. The fourth-order valence-corrected chi connectivity index (χ4v) is 2.24. The van der Waals surface area contributed by atoms with Crippen LogP contribution in [0, 0.1) is 5.92 Å². The summed E-state index contributed by atoms with van der Waals surface area (Å²) in [6, 6.07) is 0. The van der Waals surface area contributed by atoms with E-state index in [0.29, 0.717) is 11.5 Å². The Morgan fingerprint density at radius 1 is 1.69 bits per heavy atom. The first kappa shape index (κ1) is 8.75. The zero-order valence-electron chi connectivity index (χ0n) is 8.02. The van der Waals surface area contributed by atoms with Gasteiger partial charge in [-0.2, -0.15) is 0 Å². The van der Waals surface area contributed by atoms with Crippen molar-refractivity contribution in [3.63, 3.8) is 0 Å². The highest BCUT2D eigenvalue weighted by Gasteiger charge is 2.50. The first-order valence-corrected chi connectivity index (χ1v) is 4.83. The summed E-state index contributed by atoms with van der Waals surface area (Å²) in [5.41, 5.74) is 0.669. The molecule has 2 atom stereocenters. The van der Waals surface area contributed by atoms with Crippen molar-refractivity contribution in [2.24, 2.45) is 5.92 Å². The van der Waals surface area contributed by atoms with E-state index in [0.717, 1.165) is 19.5 Å². The zero-order valence-corrected chi connectivity index (χ0v) is 8.02. The number of hydrogen-bond acceptors (Lipinski definition) is 2. The summed E-state index contributed by atoms with van der Waals surface area (Å²) in [6.45, 7) is 7.38. The molecule has 1 saturated heterocycles. The maximum Gasteiger partial charge on any atom is 0.246 e. The van der Waals surface area contributed by atoms with Crippen molar-refractivity contribution in [2.45, 2.75) is 25.3 Å². The number of amides is 1. The fourth-order valence-electron chi connectivity index (χ4n) is 2.24. The van der Waals surface area contributed by atoms with Gasteiger partial charge in [-0.1, -0.05) is 6.58 Å². The topological polar surface area (TPSA) is 41.1 Å². The van der Waals surface area contributed by atoms with Gasteiger partial charge >= 0.3 is 0 Å². The highest BCUT2D eigenvalue weighted by atomic mass is 16.1. The van der Waals surface area contributed by atoms with Gasteiger partial charge in [-0.15, -0.1) is 0 Å². The van der Waals surface area contributed by atoms with Gasteiger partial charge in [-0.05, 0) is 25.7 Å². The van der Waals surface area contributed by atoms with E-state index in [1.54, 1.807) is 6.92 Å². The number of hydrogen-bond donors (Lipinski definition) is 2. The van der Waals surface area contributed by atoms with Crippen LogP contribution in [0.3, 0.4) is 0 Å². The maximum absolute atomic E-state index is 11.4. The molecule has 2 aliphatic rings. The molecule has 1 aliphatic carbocycles. The molecule has 3 nitrogen and oxygen atoms in total. The van der Waals surface area contributed by atoms with Gasteiger partial charge in [0.2, 0.25) is 5.91 Å². The number of fused-ring (bicyclic) bond motifs is 1. The molecule has 13 heavy (non-hydrogen) atoms. The maximum atomic E-state index is 11.4. The molecule has 2 unspecified atom stereocenters. The molecule has 2 N–H and O–H groups in total. The molecule has 0 radical (unpaired) electrons. The lowest BCUT2D eigenvalue weighted by molar-refractivity contribution is -0.120. The van der Waals surface area contributed by atoms with Crippen LogP contribution in [0.5, 0.6) is 0 Å². The van der Waals surface area contributed by atoms with E-state index in [4.69, 9.17) is 0 Å². The summed E-state index contributed by atoms with van der Waals surface area (Å²) in [7, 11) is 0. The van der Waals surface area contributed by atoms with Gasteiger partial charge in [0, 0.05) is 18.7 Å². The lowest BCUT2D eigenvalue weighted by Crippen LogP contribution is -2.60. The third kappa shape index (κ3) is 1.27. The molecule has 1 amide bonds. The van der Waals surface area contributed by atoms with Crippen LogP contribution in [0.2, 0.25) is 0 Å². The third-order valence-electron chi connectivity index (χ3n) is 3.30. The summed E-state index contributed by atoms with van der Waals surface area (Å²) >= 11 is 0. The molecule has 72 valence electrons. The van der Waals surface area contributed by atoms with Crippen LogP contribution in [-0.4, -0.2) is 24.5 Å². The van der Waals surface area contributed by atoms with Gasteiger partial charge in [0.15, 0.2) is 0 Å². The number of rotatable bonds is 2. The second-order valence-corrected chi connectivity index (χ2v) is 4.26. The standard InChI is InChI=1S/C10H16N2O/c1-7(2)9(13)12-10-4-3-8(10)5-11-6-10/h8,11H,1,3-6H2,2H3,(H,12,13). The lowest BCUT2D eigenvalue weighted by atomic mass is 9.69. The zero-order chi connectivity index (χ0) is 9.47. The Kier molecular flexibility index (Phi) is 1.91. The predicted molar refractivity (Wildman–Crippen MR) is 51.3 cm³/mol.